The molecule has 0 fully saturated rings. The molecule has 0 saturated heterocycles. The first-order chi connectivity index (χ1) is 9.94. The Bertz CT molecular complexity index is 569. The SMILES string of the molecule is Cc1ccccc1Cc1nnc(CCCNC(C)(C)C)o1. The molecule has 0 bridgehead atoms. The third-order valence-electron chi connectivity index (χ3n) is 3.33. The summed E-state index contributed by atoms with van der Waals surface area (Å²) in [6.07, 6.45) is 2.53. The van der Waals surface area contributed by atoms with Crippen LogP contribution in [0.2, 0.25) is 0 Å². The van der Waals surface area contributed by atoms with Gasteiger partial charge in [0.25, 0.3) is 0 Å². The van der Waals surface area contributed by atoms with E-state index >= 15 is 0 Å². The van der Waals surface area contributed by atoms with Gasteiger partial charge in [0.05, 0.1) is 6.42 Å². The molecule has 21 heavy (non-hydrogen) atoms. The fourth-order valence-electron chi connectivity index (χ4n) is 2.14. The van der Waals surface area contributed by atoms with Crippen LogP contribution in [0.25, 0.3) is 0 Å². The average molecular weight is 287 g/mol. The molecule has 1 aromatic heterocycles. The van der Waals surface area contributed by atoms with E-state index in [1.807, 2.05) is 12.1 Å². The van der Waals surface area contributed by atoms with E-state index in [2.05, 4.69) is 55.3 Å². The van der Waals surface area contributed by atoms with Gasteiger partial charge in [-0.05, 0) is 51.8 Å². The van der Waals surface area contributed by atoms with Crippen LogP contribution in [-0.2, 0) is 12.8 Å². The highest BCUT2D eigenvalue weighted by molar-refractivity contribution is 5.27. The van der Waals surface area contributed by atoms with Crippen molar-refractivity contribution in [2.45, 2.75) is 52.5 Å². The van der Waals surface area contributed by atoms with Gasteiger partial charge in [-0.2, -0.15) is 0 Å². The molecular formula is C17H25N3O. The lowest BCUT2D eigenvalue weighted by molar-refractivity contribution is 0.406. The summed E-state index contributed by atoms with van der Waals surface area (Å²) in [6.45, 7) is 9.56. The Balaban J connectivity index is 1.83. The monoisotopic (exact) mass is 287 g/mol. The van der Waals surface area contributed by atoms with Crippen molar-refractivity contribution in [2.24, 2.45) is 0 Å². The molecule has 0 radical (unpaired) electrons. The largest absolute Gasteiger partial charge is 0.425 e. The third-order valence-corrected chi connectivity index (χ3v) is 3.33. The number of benzene rings is 1. The van der Waals surface area contributed by atoms with Crippen LogP contribution in [0.5, 0.6) is 0 Å². The lowest BCUT2D eigenvalue weighted by Gasteiger charge is -2.19. The lowest BCUT2D eigenvalue weighted by Crippen LogP contribution is -2.36. The van der Waals surface area contributed by atoms with Gasteiger partial charge in [0.15, 0.2) is 0 Å². The molecule has 114 valence electrons. The molecule has 1 N–H and O–H groups in total. The molecule has 0 spiro atoms. The minimum atomic E-state index is 0.158. The number of nitrogens with zero attached hydrogens (tertiary/aromatic N) is 2. The molecule has 0 aliphatic carbocycles. The van der Waals surface area contributed by atoms with E-state index in [9.17, 15) is 0 Å². The molecule has 2 rings (SSSR count). The molecule has 0 aliphatic rings. The zero-order valence-electron chi connectivity index (χ0n) is 13.4. The minimum Gasteiger partial charge on any atom is -0.425 e. The molecule has 0 saturated carbocycles. The number of rotatable bonds is 6. The third kappa shape index (κ3) is 5.31. The predicted molar refractivity (Wildman–Crippen MR) is 84.4 cm³/mol. The Morgan fingerprint density at radius 1 is 1.10 bits per heavy atom. The van der Waals surface area contributed by atoms with Crippen molar-refractivity contribution in [3.63, 3.8) is 0 Å². The Hall–Kier alpha value is -1.68. The maximum Gasteiger partial charge on any atom is 0.220 e. The maximum atomic E-state index is 5.72. The molecule has 0 amide bonds. The summed E-state index contributed by atoms with van der Waals surface area (Å²) in [5.41, 5.74) is 2.65. The van der Waals surface area contributed by atoms with Crippen LogP contribution in [0.3, 0.4) is 0 Å². The van der Waals surface area contributed by atoms with Gasteiger partial charge < -0.3 is 9.73 Å². The van der Waals surface area contributed by atoms with Crippen molar-refractivity contribution in [2.75, 3.05) is 6.54 Å². The van der Waals surface area contributed by atoms with Gasteiger partial charge >= 0.3 is 0 Å². The summed E-state index contributed by atoms with van der Waals surface area (Å²) in [4.78, 5) is 0. The van der Waals surface area contributed by atoms with E-state index in [4.69, 9.17) is 4.42 Å². The van der Waals surface area contributed by atoms with Crippen LogP contribution in [0.4, 0.5) is 0 Å². The number of nitrogens with one attached hydrogen (secondary N) is 1. The molecule has 4 nitrogen and oxygen atoms in total. The summed E-state index contributed by atoms with van der Waals surface area (Å²) < 4.78 is 5.72. The fraction of sp³-hybridized carbons (Fsp3) is 0.529. The predicted octanol–water partition coefficient (Wildman–Crippen LogP) is 3.29. The molecular weight excluding hydrogens is 262 g/mol. The first-order valence-electron chi connectivity index (χ1n) is 7.55. The van der Waals surface area contributed by atoms with Crippen LogP contribution < -0.4 is 5.32 Å². The smallest absolute Gasteiger partial charge is 0.220 e. The first-order valence-corrected chi connectivity index (χ1v) is 7.55. The highest BCUT2D eigenvalue weighted by Gasteiger charge is 2.10. The second-order valence-corrected chi connectivity index (χ2v) is 6.47. The van der Waals surface area contributed by atoms with Crippen LogP contribution in [0.1, 0.15) is 50.1 Å². The molecule has 0 unspecified atom stereocenters. The number of hydrogen-bond donors (Lipinski definition) is 1. The summed E-state index contributed by atoms with van der Waals surface area (Å²) in [5.74, 6) is 1.43. The number of aromatic nitrogens is 2. The van der Waals surface area contributed by atoms with E-state index in [1.165, 1.54) is 11.1 Å². The topological polar surface area (TPSA) is 51.0 Å². The Morgan fingerprint density at radius 3 is 2.52 bits per heavy atom. The van der Waals surface area contributed by atoms with Crippen molar-refractivity contribution in [3.05, 3.63) is 47.2 Å². The molecule has 4 heteroatoms. The second kappa shape index (κ2) is 6.85. The average Bonchev–Trinajstić information content (AvgIpc) is 2.84. The van der Waals surface area contributed by atoms with Crippen LogP contribution in [0, 0.1) is 6.92 Å². The van der Waals surface area contributed by atoms with Gasteiger partial charge in [-0.25, -0.2) is 0 Å². The Labute approximate surface area is 127 Å². The normalized spacial score (nSPS) is 11.8. The Kier molecular flexibility index (Phi) is 5.12. The van der Waals surface area contributed by atoms with E-state index in [1.54, 1.807) is 0 Å². The van der Waals surface area contributed by atoms with Gasteiger partial charge in [-0.3, -0.25) is 0 Å². The summed E-state index contributed by atoms with van der Waals surface area (Å²) in [6, 6.07) is 8.29. The number of aryl methyl sites for hydroxylation is 2. The van der Waals surface area contributed by atoms with Gasteiger partial charge in [-0.1, -0.05) is 24.3 Å². The molecule has 1 aromatic carbocycles. The molecule has 0 aliphatic heterocycles. The van der Waals surface area contributed by atoms with E-state index < -0.39 is 0 Å². The van der Waals surface area contributed by atoms with E-state index in [0.717, 1.165) is 25.3 Å². The van der Waals surface area contributed by atoms with Crippen LogP contribution >= 0.6 is 0 Å². The highest BCUT2D eigenvalue weighted by atomic mass is 16.4. The van der Waals surface area contributed by atoms with Crippen molar-refractivity contribution in [1.29, 1.82) is 0 Å². The zero-order valence-corrected chi connectivity index (χ0v) is 13.4. The molecule has 0 atom stereocenters. The zero-order chi connectivity index (χ0) is 15.3. The van der Waals surface area contributed by atoms with Gasteiger partial charge in [0.1, 0.15) is 0 Å². The first kappa shape index (κ1) is 15.7. The number of hydrogen-bond acceptors (Lipinski definition) is 4. The van der Waals surface area contributed by atoms with Gasteiger partial charge in [-0.15, -0.1) is 10.2 Å². The second-order valence-electron chi connectivity index (χ2n) is 6.47. The standard InChI is InChI=1S/C17H25N3O/c1-13-8-5-6-9-14(13)12-16-20-19-15(21-16)10-7-11-18-17(2,3)4/h5-6,8-9,18H,7,10-12H2,1-4H3. The van der Waals surface area contributed by atoms with Crippen LogP contribution in [0.15, 0.2) is 28.7 Å². The Morgan fingerprint density at radius 2 is 1.81 bits per heavy atom. The van der Waals surface area contributed by atoms with Gasteiger partial charge in [0, 0.05) is 12.0 Å². The lowest BCUT2D eigenvalue weighted by atomic mass is 10.1. The van der Waals surface area contributed by atoms with Crippen molar-refractivity contribution >= 4 is 0 Å². The minimum absolute atomic E-state index is 0.158. The fourth-order valence-corrected chi connectivity index (χ4v) is 2.14. The maximum absolute atomic E-state index is 5.72. The molecule has 1 heterocycles. The van der Waals surface area contributed by atoms with E-state index in [0.29, 0.717) is 12.3 Å². The quantitative estimate of drug-likeness (QED) is 0.828. The van der Waals surface area contributed by atoms with Crippen molar-refractivity contribution < 1.29 is 4.42 Å². The highest BCUT2D eigenvalue weighted by Crippen LogP contribution is 2.13. The molecule has 2 aromatic rings. The van der Waals surface area contributed by atoms with Crippen molar-refractivity contribution in [1.82, 2.24) is 15.5 Å². The summed E-state index contributed by atoms with van der Waals surface area (Å²) in [7, 11) is 0. The van der Waals surface area contributed by atoms with Gasteiger partial charge in [0.2, 0.25) is 11.8 Å². The van der Waals surface area contributed by atoms with Crippen molar-refractivity contribution in [3.8, 4) is 0 Å². The van der Waals surface area contributed by atoms with E-state index in [-0.39, 0.29) is 5.54 Å². The summed E-state index contributed by atoms with van der Waals surface area (Å²) >= 11 is 0. The summed E-state index contributed by atoms with van der Waals surface area (Å²) in [5, 5.41) is 11.7. The van der Waals surface area contributed by atoms with Crippen LogP contribution in [-0.4, -0.2) is 22.3 Å².